The van der Waals surface area contributed by atoms with E-state index < -0.39 is 0 Å². The molecule has 0 aliphatic carbocycles. The van der Waals surface area contributed by atoms with E-state index in [2.05, 4.69) is 21.2 Å². The number of hydrogen-bond donors (Lipinski definition) is 1. The van der Waals surface area contributed by atoms with Gasteiger partial charge in [0.05, 0.1) is 5.69 Å². The lowest BCUT2D eigenvalue weighted by molar-refractivity contribution is -0.131. The zero-order valence-electron chi connectivity index (χ0n) is 13.0. The molecule has 2 saturated heterocycles. The molecule has 2 amide bonds. The second-order valence-electron chi connectivity index (χ2n) is 6.36. The Bertz CT molecular complexity index is 660. The number of anilines is 1. The highest BCUT2D eigenvalue weighted by Gasteiger charge is 2.39. The van der Waals surface area contributed by atoms with E-state index in [4.69, 9.17) is 4.74 Å². The first-order valence-electron chi connectivity index (χ1n) is 7.83. The number of amides is 2. The van der Waals surface area contributed by atoms with Gasteiger partial charge in [0.15, 0.2) is 6.61 Å². The molecule has 3 heterocycles. The van der Waals surface area contributed by atoms with Crippen molar-refractivity contribution in [2.24, 2.45) is 11.8 Å². The monoisotopic (exact) mass is 415 g/mol. The number of benzene rings is 1. The Morgan fingerprint density at radius 1 is 1.29 bits per heavy atom. The van der Waals surface area contributed by atoms with Gasteiger partial charge in [-0.2, -0.15) is 0 Å². The Labute approximate surface area is 155 Å². The van der Waals surface area contributed by atoms with Gasteiger partial charge in [-0.15, -0.1) is 12.4 Å². The van der Waals surface area contributed by atoms with Gasteiger partial charge in [-0.3, -0.25) is 14.5 Å². The molecule has 8 heteroatoms. The summed E-state index contributed by atoms with van der Waals surface area (Å²) in [5.74, 6) is 1.59. The maximum atomic E-state index is 12.6. The summed E-state index contributed by atoms with van der Waals surface area (Å²) >= 11 is 3.39. The number of nitrogens with zero attached hydrogens (tertiary/aromatic N) is 2. The minimum Gasteiger partial charge on any atom is -0.482 e. The van der Waals surface area contributed by atoms with Crippen molar-refractivity contribution in [3.8, 4) is 5.75 Å². The van der Waals surface area contributed by atoms with Crippen LogP contribution in [0.2, 0.25) is 0 Å². The van der Waals surface area contributed by atoms with Crippen molar-refractivity contribution in [1.29, 1.82) is 0 Å². The number of ether oxygens (including phenoxy) is 1. The normalized spacial score (nSPS) is 25.0. The van der Waals surface area contributed by atoms with Gasteiger partial charge in [-0.05, 0) is 30.0 Å². The molecule has 0 aromatic heterocycles. The predicted molar refractivity (Wildman–Crippen MR) is 95.7 cm³/mol. The predicted octanol–water partition coefficient (Wildman–Crippen LogP) is 1.27. The van der Waals surface area contributed by atoms with Crippen molar-refractivity contribution in [1.82, 2.24) is 10.2 Å². The molecule has 4 rings (SSSR count). The molecule has 2 atom stereocenters. The summed E-state index contributed by atoms with van der Waals surface area (Å²) in [4.78, 5) is 28.3. The number of rotatable bonds is 2. The Kier molecular flexibility index (Phi) is 5.03. The van der Waals surface area contributed by atoms with E-state index in [1.807, 2.05) is 23.1 Å². The van der Waals surface area contributed by atoms with Crippen LogP contribution in [0, 0.1) is 11.8 Å². The number of fused-ring (bicyclic) bond motifs is 2. The third-order valence-electron chi connectivity index (χ3n) is 4.90. The Morgan fingerprint density at radius 3 is 2.71 bits per heavy atom. The van der Waals surface area contributed by atoms with Crippen LogP contribution in [0.3, 0.4) is 0 Å². The molecule has 1 aromatic rings. The van der Waals surface area contributed by atoms with E-state index in [1.54, 1.807) is 4.90 Å². The van der Waals surface area contributed by atoms with Gasteiger partial charge in [-0.25, -0.2) is 0 Å². The second-order valence-corrected chi connectivity index (χ2v) is 7.27. The summed E-state index contributed by atoms with van der Waals surface area (Å²) in [6.45, 7) is 3.63. The standard InChI is InChI=1S/C16H18BrN3O3.ClH/c17-12-1-2-13-14(3-12)23-9-16(22)20(13)8-15(21)19-6-10-4-18-5-11(10)7-19;/h1-3,10-11,18H,4-9H2;1H/t10-,11+;. The van der Waals surface area contributed by atoms with Crippen molar-refractivity contribution < 1.29 is 14.3 Å². The fourth-order valence-electron chi connectivity index (χ4n) is 3.65. The molecule has 1 N–H and O–H groups in total. The zero-order chi connectivity index (χ0) is 16.0. The fourth-order valence-corrected chi connectivity index (χ4v) is 3.99. The summed E-state index contributed by atoms with van der Waals surface area (Å²) < 4.78 is 6.35. The molecule has 1 aromatic carbocycles. The summed E-state index contributed by atoms with van der Waals surface area (Å²) in [7, 11) is 0. The topological polar surface area (TPSA) is 61.9 Å². The quantitative estimate of drug-likeness (QED) is 0.789. The first-order chi connectivity index (χ1) is 11.1. The fraction of sp³-hybridized carbons (Fsp3) is 0.500. The van der Waals surface area contributed by atoms with Gasteiger partial charge in [0.1, 0.15) is 12.3 Å². The number of carbonyl (C=O) groups excluding carboxylic acids is 2. The van der Waals surface area contributed by atoms with Gasteiger partial charge in [0.25, 0.3) is 5.91 Å². The number of halogens is 2. The van der Waals surface area contributed by atoms with E-state index in [1.165, 1.54) is 0 Å². The van der Waals surface area contributed by atoms with Gasteiger partial charge in [-0.1, -0.05) is 15.9 Å². The molecule has 0 saturated carbocycles. The number of likely N-dealkylation sites (tertiary alicyclic amines) is 1. The largest absolute Gasteiger partial charge is 0.482 e. The molecule has 0 bridgehead atoms. The zero-order valence-corrected chi connectivity index (χ0v) is 15.4. The van der Waals surface area contributed by atoms with Gasteiger partial charge < -0.3 is 15.0 Å². The van der Waals surface area contributed by atoms with Crippen molar-refractivity contribution in [2.75, 3.05) is 44.2 Å². The molecule has 0 spiro atoms. The summed E-state index contributed by atoms with van der Waals surface area (Å²) in [6.07, 6.45) is 0. The Morgan fingerprint density at radius 2 is 2.00 bits per heavy atom. The first kappa shape index (κ1) is 17.5. The van der Waals surface area contributed by atoms with Gasteiger partial charge in [0.2, 0.25) is 5.91 Å². The Hall–Kier alpha value is -1.31. The maximum Gasteiger partial charge on any atom is 0.265 e. The molecule has 0 radical (unpaired) electrons. The lowest BCUT2D eigenvalue weighted by atomic mass is 10.0. The molecule has 24 heavy (non-hydrogen) atoms. The highest BCUT2D eigenvalue weighted by molar-refractivity contribution is 9.10. The van der Waals surface area contributed by atoms with Crippen LogP contribution < -0.4 is 15.0 Å². The minimum absolute atomic E-state index is 0. The van der Waals surface area contributed by atoms with Gasteiger partial charge in [0, 0.05) is 30.7 Å². The molecule has 0 unspecified atom stereocenters. The molecule has 130 valence electrons. The first-order valence-corrected chi connectivity index (χ1v) is 8.62. The van der Waals surface area contributed by atoms with Crippen LogP contribution in [-0.2, 0) is 9.59 Å². The lowest BCUT2D eigenvalue weighted by Gasteiger charge is -2.30. The SMILES string of the molecule is Cl.O=C(CN1C(=O)COc2cc(Br)ccc21)N1C[C@H]2CNC[C@H]2C1. The molecular weight excluding hydrogens is 398 g/mol. The molecule has 3 aliphatic rings. The van der Waals surface area contributed by atoms with Gasteiger partial charge >= 0.3 is 0 Å². The van der Waals surface area contributed by atoms with E-state index in [0.29, 0.717) is 23.3 Å². The van der Waals surface area contributed by atoms with Crippen molar-refractivity contribution in [2.45, 2.75) is 0 Å². The summed E-state index contributed by atoms with van der Waals surface area (Å²) in [5, 5.41) is 3.37. The van der Waals surface area contributed by atoms with Crippen LogP contribution >= 0.6 is 28.3 Å². The van der Waals surface area contributed by atoms with Crippen LogP contribution in [0.25, 0.3) is 0 Å². The molecule has 6 nitrogen and oxygen atoms in total. The molecular formula is C16H19BrClN3O3. The number of nitrogens with one attached hydrogen (secondary N) is 1. The maximum absolute atomic E-state index is 12.6. The van der Waals surface area contributed by atoms with E-state index in [-0.39, 0.29) is 37.4 Å². The van der Waals surface area contributed by atoms with Crippen LogP contribution in [-0.4, -0.2) is 56.0 Å². The molecule has 3 aliphatic heterocycles. The smallest absolute Gasteiger partial charge is 0.265 e. The Balaban J connectivity index is 0.00000169. The average molecular weight is 417 g/mol. The minimum atomic E-state index is -0.172. The van der Waals surface area contributed by atoms with Crippen LogP contribution in [0.1, 0.15) is 0 Å². The van der Waals surface area contributed by atoms with Crippen molar-refractivity contribution in [3.63, 3.8) is 0 Å². The summed E-state index contributed by atoms with van der Waals surface area (Å²) in [6, 6.07) is 5.49. The third-order valence-corrected chi connectivity index (χ3v) is 5.39. The second kappa shape index (κ2) is 6.90. The lowest BCUT2D eigenvalue weighted by Crippen LogP contribution is -2.46. The van der Waals surface area contributed by atoms with Crippen LogP contribution in [0.5, 0.6) is 5.75 Å². The highest BCUT2D eigenvalue weighted by Crippen LogP contribution is 2.34. The van der Waals surface area contributed by atoms with E-state index >= 15 is 0 Å². The van der Waals surface area contributed by atoms with E-state index in [9.17, 15) is 9.59 Å². The molecule has 2 fully saturated rings. The van der Waals surface area contributed by atoms with Crippen LogP contribution in [0.4, 0.5) is 5.69 Å². The number of carbonyl (C=O) groups is 2. The van der Waals surface area contributed by atoms with Crippen molar-refractivity contribution >= 4 is 45.8 Å². The van der Waals surface area contributed by atoms with E-state index in [0.717, 1.165) is 30.7 Å². The third kappa shape index (κ3) is 3.12. The summed E-state index contributed by atoms with van der Waals surface area (Å²) in [5.41, 5.74) is 0.666. The number of hydrogen-bond acceptors (Lipinski definition) is 4. The van der Waals surface area contributed by atoms with Crippen molar-refractivity contribution in [3.05, 3.63) is 22.7 Å². The average Bonchev–Trinajstić information content (AvgIpc) is 3.11. The van der Waals surface area contributed by atoms with Crippen LogP contribution in [0.15, 0.2) is 22.7 Å². The highest BCUT2D eigenvalue weighted by atomic mass is 79.9.